The monoisotopic (exact) mass is 483 g/mol. The average Bonchev–Trinajstić information content (AvgIpc) is 3.22. The van der Waals surface area contributed by atoms with Gasteiger partial charge in [-0.2, -0.15) is 0 Å². The first kappa shape index (κ1) is 25.3. The van der Waals surface area contributed by atoms with Crippen molar-refractivity contribution in [3.8, 4) is 0 Å². The molecular weight excluding hydrogens is 446 g/mol. The average molecular weight is 484 g/mol. The zero-order chi connectivity index (χ0) is 25.8. The minimum Gasteiger partial charge on any atom is -0.388 e. The summed E-state index contributed by atoms with van der Waals surface area (Å²) in [5.74, 6) is 0.803. The van der Waals surface area contributed by atoms with Crippen molar-refractivity contribution >= 4 is 34.3 Å². The number of likely N-dealkylation sites (N-methyl/N-ethyl adjacent to an activating group) is 1. The number of nitrogens with one attached hydrogen (secondary N) is 2. The maximum Gasteiger partial charge on any atom is 0.138 e. The van der Waals surface area contributed by atoms with Crippen molar-refractivity contribution in [1.82, 2.24) is 24.5 Å². The number of aliphatic imine (C=N–C) groups is 1. The van der Waals surface area contributed by atoms with Crippen molar-refractivity contribution in [3.63, 3.8) is 0 Å². The number of aryl methyl sites for hydroxylation is 1. The lowest BCUT2D eigenvalue weighted by Crippen LogP contribution is -2.43. The maximum atomic E-state index is 4.90. The topological polar surface area (TPSA) is 60.2 Å². The van der Waals surface area contributed by atoms with E-state index < -0.39 is 0 Å². The summed E-state index contributed by atoms with van der Waals surface area (Å²) in [6, 6.07) is 12.4. The number of benzene rings is 1. The van der Waals surface area contributed by atoms with E-state index >= 15 is 0 Å². The van der Waals surface area contributed by atoms with E-state index in [0.717, 1.165) is 83.0 Å². The summed E-state index contributed by atoms with van der Waals surface area (Å²) in [6.45, 7) is 18.5. The van der Waals surface area contributed by atoms with E-state index in [1.165, 1.54) is 0 Å². The largest absolute Gasteiger partial charge is 0.388 e. The first-order valence-corrected chi connectivity index (χ1v) is 12.4. The van der Waals surface area contributed by atoms with Gasteiger partial charge < -0.3 is 20.4 Å². The van der Waals surface area contributed by atoms with E-state index in [2.05, 4.69) is 63.4 Å². The predicted molar refractivity (Wildman–Crippen MR) is 153 cm³/mol. The van der Waals surface area contributed by atoms with Crippen LogP contribution in [0.2, 0.25) is 0 Å². The Hall–Kier alpha value is -3.84. The lowest BCUT2D eigenvalue weighted by atomic mass is 10.1. The highest BCUT2D eigenvalue weighted by Gasteiger charge is 2.18. The van der Waals surface area contributed by atoms with Crippen molar-refractivity contribution in [1.29, 1.82) is 0 Å². The Kier molecular flexibility index (Phi) is 7.60. The predicted octanol–water partition coefficient (Wildman–Crippen LogP) is 4.94. The molecule has 7 nitrogen and oxygen atoms in total. The molecule has 1 aromatic carbocycles. The molecule has 3 aromatic rings. The van der Waals surface area contributed by atoms with Gasteiger partial charge in [-0.3, -0.25) is 4.40 Å². The number of rotatable bonds is 7. The number of aromatic nitrogens is 2. The molecule has 3 heterocycles. The minimum absolute atomic E-state index is 0.803. The molecule has 188 valence electrons. The Morgan fingerprint density at radius 2 is 1.75 bits per heavy atom. The molecule has 0 unspecified atom stereocenters. The Labute approximate surface area is 214 Å². The molecule has 1 aliphatic rings. The number of fused-ring (bicyclic) bond motifs is 1. The number of pyridine rings is 1. The third-order valence-electron chi connectivity index (χ3n) is 6.68. The van der Waals surface area contributed by atoms with Crippen LogP contribution in [0.1, 0.15) is 36.4 Å². The second-order valence-corrected chi connectivity index (χ2v) is 9.23. The van der Waals surface area contributed by atoms with Crippen LogP contribution in [0.3, 0.4) is 0 Å². The van der Waals surface area contributed by atoms with Crippen LogP contribution in [0, 0.1) is 6.92 Å². The van der Waals surface area contributed by atoms with Crippen LogP contribution < -0.4 is 10.6 Å². The first-order chi connectivity index (χ1) is 17.3. The molecule has 1 aliphatic heterocycles. The van der Waals surface area contributed by atoms with Gasteiger partial charge in [-0.05, 0) is 57.6 Å². The van der Waals surface area contributed by atoms with Gasteiger partial charge in [0.25, 0.3) is 0 Å². The summed E-state index contributed by atoms with van der Waals surface area (Å²) < 4.78 is 2.11. The van der Waals surface area contributed by atoms with Crippen molar-refractivity contribution in [2.75, 3.05) is 45.6 Å². The van der Waals surface area contributed by atoms with Gasteiger partial charge in [-0.25, -0.2) is 9.98 Å². The molecule has 2 N–H and O–H groups in total. The van der Waals surface area contributed by atoms with Gasteiger partial charge in [0, 0.05) is 62.1 Å². The summed E-state index contributed by atoms with van der Waals surface area (Å²) >= 11 is 0. The summed E-state index contributed by atoms with van der Waals surface area (Å²) in [6.07, 6.45) is 4.11. The standard InChI is InChI=1S/C29H37N7/c1-8-27(33-23(5)32-26-11-9-24(10-12-26)20(2)30-6)29-21(3)31-28-19-25(13-14-36(28)29)22(4)35-17-15-34(7)16-18-35/h8-14,19,30H,2,4,15-18H2,1,3,5-7H3,(H,32,33)/b27-8-. The number of amidine groups is 1. The van der Waals surface area contributed by atoms with Crippen molar-refractivity contribution in [2.24, 2.45) is 4.99 Å². The number of anilines is 1. The van der Waals surface area contributed by atoms with E-state index in [1.54, 1.807) is 0 Å². The highest BCUT2D eigenvalue weighted by atomic mass is 15.2. The summed E-state index contributed by atoms with van der Waals surface area (Å²) in [7, 11) is 4.04. The lowest BCUT2D eigenvalue weighted by Gasteiger charge is -2.35. The number of imidazole rings is 1. The number of nitrogens with zero attached hydrogens (tertiary/aromatic N) is 5. The fourth-order valence-electron chi connectivity index (χ4n) is 4.48. The van der Waals surface area contributed by atoms with Gasteiger partial charge in [0.2, 0.25) is 0 Å². The smallest absolute Gasteiger partial charge is 0.138 e. The molecule has 0 radical (unpaired) electrons. The molecule has 1 saturated heterocycles. The van der Waals surface area contributed by atoms with Crippen molar-refractivity contribution in [3.05, 3.63) is 84.3 Å². The van der Waals surface area contributed by atoms with Crippen LogP contribution in [0.15, 0.2) is 66.8 Å². The van der Waals surface area contributed by atoms with Gasteiger partial charge in [0.1, 0.15) is 11.5 Å². The summed E-state index contributed by atoms with van der Waals surface area (Å²) in [4.78, 5) is 14.5. The van der Waals surface area contributed by atoms with Crippen molar-refractivity contribution < 1.29 is 0 Å². The van der Waals surface area contributed by atoms with Crippen LogP contribution >= 0.6 is 0 Å². The Morgan fingerprint density at radius 1 is 1.06 bits per heavy atom. The quantitative estimate of drug-likeness (QED) is 0.368. The Bertz CT molecular complexity index is 1320. The summed E-state index contributed by atoms with van der Waals surface area (Å²) in [5.41, 5.74) is 8.79. The number of hydrogen-bond acceptors (Lipinski definition) is 5. The van der Waals surface area contributed by atoms with Crippen LogP contribution in [0.5, 0.6) is 0 Å². The third kappa shape index (κ3) is 5.36. The van der Waals surface area contributed by atoms with Gasteiger partial charge in [-0.1, -0.05) is 31.4 Å². The van der Waals surface area contributed by atoms with E-state index in [0.29, 0.717) is 0 Å². The van der Waals surface area contributed by atoms with E-state index in [1.807, 2.05) is 58.2 Å². The molecule has 7 heteroatoms. The zero-order valence-electron chi connectivity index (χ0n) is 22.1. The molecular formula is C29H37N7. The number of hydrogen-bond donors (Lipinski definition) is 2. The molecule has 0 atom stereocenters. The van der Waals surface area contributed by atoms with Gasteiger partial charge in [-0.15, -0.1) is 0 Å². The number of piperazine rings is 1. The Morgan fingerprint density at radius 3 is 2.39 bits per heavy atom. The minimum atomic E-state index is 0.803. The molecule has 0 bridgehead atoms. The van der Waals surface area contributed by atoms with Crippen LogP contribution in [0.4, 0.5) is 5.69 Å². The number of allylic oxidation sites excluding steroid dienone is 1. The molecule has 36 heavy (non-hydrogen) atoms. The first-order valence-electron chi connectivity index (χ1n) is 12.4. The summed E-state index contributed by atoms with van der Waals surface area (Å²) in [5, 5.41) is 6.47. The zero-order valence-corrected chi connectivity index (χ0v) is 22.1. The molecule has 1 fully saturated rings. The third-order valence-corrected chi connectivity index (χ3v) is 6.68. The SMILES string of the molecule is C=C(NC)c1ccc(NC(C)=N/C(=C\C)c2c(C)nc3cc(C(=C)N4CCN(C)CC4)ccn23)cc1. The highest BCUT2D eigenvalue weighted by Crippen LogP contribution is 2.26. The highest BCUT2D eigenvalue weighted by molar-refractivity contribution is 5.97. The van der Waals surface area contributed by atoms with Crippen LogP contribution in [0.25, 0.3) is 22.7 Å². The molecule has 0 aliphatic carbocycles. The molecule has 4 rings (SSSR count). The van der Waals surface area contributed by atoms with Crippen LogP contribution in [-0.2, 0) is 0 Å². The Balaban J connectivity index is 1.55. The van der Waals surface area contributed by atoms with E-state index in [9.17, 15) is 0 Å². The molecule has 0 spiro atoms. The van der Waals surface area contributed by atoms with E-state index in [4.69, 9.17) is 9.98 Å². The van der Waals surface area contributed by atoms with Gasteiger partial charge in [0.05, 0.1) is 17.1 Å². The fourth-order valence-corrected chi connectivity index (χ4v) is 4.48. The molecule has 0 amide bonds. The normalized spacial score (nSPS) is 15.3. The molecule has 2 aromatic heterocycles. The fraction of sp³-hybridized carbons (Fsp3) is 0.310. The van der Waals surface area contributed by atoms with Crippen LogP contribution in [-0.4, -0.2) is 65.3 Å². The van der Waals surface area contributed by atoms with E-state index in [-0.39, 0.29) is 0 Å². The van der Waals surface area contributed by atoms with Gasteiger partial charge >= 0.3 is 0 Å². The van der Waals surface area contributed by atoms with Crippen molar-refractivity contribution in [2.45, 2.75) is 20.8 Å². The second kappa shape index (κ2) is 10.8. The molecule has 0 saturated carbocycles. The lowest BCUT2D eigenvalue weighted by molar-refractivity contribution is 0.207. The van der Waals surface area contributed by atoms with Gasteiger partial charge in [0.15, 0.2) is 0 Å². The maximum absolute atomic E-state index is 4.90. The second-order valence-electron chi connectivity index (χ2n) is 9.23.